The van der Waals surface area contributed by atoms with E-state index in [9.17, 15) is 9.90 Å². The van der Waals surface area contributed by atoms with E-state index in [0.29, 0.717) is 28.0 Å². The van der Waals surface area contributed by atoms with Crippen LogP contribution in [0.3, 0.4) is 0 Å². The number of ketones is 1. The van der Waals surface area contributed by atoms with E-state index in [0.717, 1.165) is 43.4 Å². The highest BCUT2D eigenvalue weighted by atomic mass is 35.5. The Bertz CT molecular complexity index is 1080. The maximum atomic E-state index is 13.5. The third kappa shape index (κ3) is 3.63. The molecule has 4 fully saturated rings. The van der Waals surface area contributed by atoms with Gasteiger partial charge in [-0.15, -0.1) is 5.10 Å². The van der Waals surface area contributed by atoms with E-state index in [2.05, 4.69) is 22.1 Å². The van der Waals surface area contributed by atoms with E-state index in [4.69, 9.17) is 11.6 Å². The van der Waals surface area contributed by atoms with Crippen LogP contribution in [0.5, 0.6) is 0 Å². The zero-order valence-corrected chi connectivity index (χ0v) is 20.5. The Kier molecular flexibility index (Phi) is 5.15. The molecule has 2 aromatic heterocycles. The van der Waals surface area contributed by atoms with Gasteiger partial charge in [0.2, 0.25) is 5.65 Å². The Morgan fingerprint density at radius 2 is 1.91 bits per heavy atom. The van der Waals surface area contributed by atoms with Crippen molar-refractivity contribution in [2.75, 3.05) is 0 Å². The number of hydrogen-bond donors (Lipinski definition) is 1. The summed E-state index contributed by atoms with van der Waals surface area (Å²) in [5.41, 5.74) is 0.800. The standard InChI is InChI=1S/C26H35ClN4O2/c1-25(33)9-7-17-15(12-25)3-4-19-18(17)8-10-26(2)20(19)5-6-21(26)23(32)14-31-29-22-11-16(27)13-28-24(22)30-31/h11,13,15,17-21,33H,3-10,12,14H2,1-2H3. The van der Waals surface area contributed by atoms with Gasteiger partial charge in [0.25, 0.3) is 0 Å². The summed E-state index contributed by atoms with van der Waals surface area (Å²) in [6.07, 6.45) is 11.8. The molecule has 33 heavy (non-hydrogen) atoms. The first-order valence-corrected chi connectivity index (χ1v) is 13.2. The number of nitrogens with zero attached hydrogens (tertiary/aromatic N) is 4. The van der Waals surface area contributed by atoms with Crippen molar-refractivity contribution in [2.24, 2.45) is 40.9 Å². The van der Waals surface area contributed by atoms with Gasteiger partial charge in [0.05, 0.1) is 10.6 Å². The predicted molar refractivity (Wildman–Crippen MR) is 127 cm³/mol. The van der Waals surface area contributed by atoms with Gasteiger partial charge < -0.3 is 5.11 Å². The topological polar surface area (TPSA) is 80.9 Å². The number of aliphatic hydroxyl groups is 1. The van der Waals surface area contributed by atoms with Crippen LogP contribution >= 0.6 is 11.6 Å². The van der Waals surface area contributed by atoms with E-state index < -0.39 is 5.60 Å². The molecule has 0 aromatic carbocycles. The van der Waals surface area contributed by atoms with Crippen LogP contribution in [0.15, 0.2) is 12.3 Å². The van der Waals surface area contributed by atoms with Gasteiger partial charge in [0.1, 0.15) is 12.1 Å². The number of hydrogen-bond acceptors (Lipinski definition) is 5. The molecule has 6 rings (SSSR count). The van der Waals surface area contributed by atoms with Gasteiger partial charge in [-0.1, -0.05) is 18.5 Å². The normalized spacial score (nSPS) is 42.5. The Morgan fingerprint density at radius 3 is 2.76 bits per heavy atom. The second-order valence-corrected chi connectivity index (χ2v) is 12.5. The summed E-state index contributed by atoms with van der Waals surface area (Å²) in [7, 11) is 0. The number of carbonyl (C=O) groups is 1. The van der Waals surface area contributed by atoms with Crippen LogP contribution in [0.4, 0.5) is 0 Å². The van der Waals surface area contributed by atoms with Crippen molar-refractivity contribution >= 4 is 28.5 Å². The fourth-order valence-corrected chi connectivity index (χ4v) is 8.91. The Balaban J connectivity index is 1.18. The molecule has 0 bridgehead atoms. The van der Waals surface area contributed by atoms with Crippen molar-refractivity contribution in [2.45, 2.75) is 83.8 Å². The monoisotopic (exact) mass is 470 g/mol. The van der Waals surface area contributed by atoms with E-state index in [1.54, 1.807) is 12.3 Å². The van der Waals surface area contributed by atoms with Crippen LogP contribution in [-0.4, -0.2) is 36.5 Å². The van der Waals surface area contributed by atoms with Gasteiger partial charge in [-0.2, -0.15) is 9.90 Å². The van der Waals surface area contributed by atoms with Crippen LogP contribution in [0.25, 0.3) is 11.2 Å². The van der Waals surface area contributed by atoms with Gasteiger partial charge in [-0.3, -0.25) is 4.79 Å². The lowest BCUT2D eigenvalue weighted by molar-refractivity contribution is -0.133. The van der Waals surface area contributed by atoms with E-state index in [1.807, 2.05) is 6.92 Å². The molecule has 0 aliphatic heterocycles. The molecule has 1 N–H and O–H groups in total. The lowest BCUT2D eigenvalue weighted by atomic mass is 9.49. The second kappa shape index (κ2) is 7.74. The molecular weight excluding hydrogens is 436 g/mol. The first-order chi connectivity index (χ1) is 15.7. The van der Waals surface area contributed by atoms with Crippen molar-refractivity contribution in [1.29, 1.82) is 0 Å². The minimum Gasteiger partial charge on any atom is -0.390 e. The molecule has 8 atom stereocenters. The summed E-state index contributed by atoms with van der Waals surface area (Å²) in [6.45, 7) is 4.65. The third-order valence-electron chi connectivity index (χ3n) is 10.2. The SMILES string of the molecule is CC1(O)CCC2C(CCC3C2CCC2(C)C(C(=O)Cn4nc5cc(Cl)cnc5n4)CCC32)C1. The third-order valence-corrected chi connectivity index (χ3v) is 10.4. The van der Waals surface area contributed by atoms with Gasteiger partial charge >= 0.3 is 0 Å². The number of fused-ring (bicyclic) bond motifs is 6. The smallest absolute Gasteiger partial charge is 0.201 e. The molecule has 4 saturated carbocycles. The zero-order chi connectivity index (χ0) is 23.0. The molecular formula is C26H35ClN4O2. The molecule has 0 radical (unpaired) electrons. The van der Waals surface area contributed by atoms with Gasteiger partial charge in [0, 0.05) is 12.1 Å². The number of Topliss-reactive ketones (excluding diaryl/α,β-unsaturated/α-hetero) is 1. The van der Waals surface area contributed by atoms with Gasteiger partial charge in [-0.05, 0) is 106 Å². The van der Waals surface area contributed by atoms with E-state index >= 15 is 0 Å². The summed E-state index contributed by atoms with van der Waals surface area (Å²) in [5, 5.41) is 20.0. The van der Waals surface area contributed by atoms with Crippen molar-refractivity contribution in [3.05, 3.63) is 17.3 Å². The number of pyridine rings is 1. The molecule has 7 heteroatoms. The number of carbonyl (C=O) groups excluding carboxylic acids is 1. The summed E-state index contributed by atoms with van der Waals surface area (Å²) in [5.74, 6) is 4.04. The highest BCUT2D eigenvalue weighted by Gasteiger charge is 2.58. The summed E-state index contributed by atoms with van der Waals surface area (Å²) in [4.78, 5) is 19.2. The number of rotatable bonds is 3. The predicted octanol–water partition coefficient (Wildman–Crippen LogP) is 5.07. The highest BCUT2D eigenvalue weighted by Crippen LogP contribution is 2.64. The van der Waals surface area contributed by atoms with E-state index in [-0.39, 0.29) is 23.7 Å². The first-order valence-electron chi connectivity index (χ1n) is 12.8. The molecule has 8 unspecified atom stereocenters. The maximum absolute atomic E-state index is 13.5. The van der Waals surface area contributed by atoms with Crippen LogP contribution < -0.4 is 0 Å². The van der Waals surface area contributed by atoms with Gasteiger partial charge in [-0.25, -0.2) is 4.98 Å². The average molecular weight is 471 g/mol. The fourth-order valence-electron chi connectivity index (χ4n) is 8.76. The minimum absolute atomic E-state index is 0.0962. The Hall–Kier alpha value is -1.53. The quantitative estimate of drug-likeness (QED) is 0.677. The van der Waals surface area contributed by atoms with Gasteiger partial charge in [0.15, 0.2) is 5.78 Å². The molecule has 178 valence electrons. The number of aromatic nitrogens is 4. The summed E-state index contributed by atoms with van der Waals surface area (Å²) >= 11 is 6.03. The van der Waals surface area contributed by atoms with Crippen LogP contribution in [-0.2, 0) is 11.3 Å². The number of halogens is 1. The molecule has 4 aliphatic carbocycles. The van der Waals surface area contributed by atoms with Crippen LogP contribution in [0, 0.1) is 40.9 Å². The largest absolute Gasteiger partial charge is 0.390 e. The summed E-state index contributed by atoms with van der Waals surface area (Å²) < 4.78 is 0. The second-order valence-electron chi connectivity index (χ2n) is 12.0. The van der Waals surface area contributed by atoms with Crippen molar-refractivity contribution in [3.63, 3.8) is 0 Å². The van der Waals surface area contributed by atoms with Crippen molar-refractivity contribution in [1.82, 2.24) is 20.0 Å². The first kappa shape index (κ1) is 22.0. The minimum atomic E-state index is -0.464. The molecule has 0 amide bonds. The molecule has 0 spiro atoms. The Morgan fingerprint density at radius 1 is 1.09 bits per heavy atom. The molecule has 2 aromatic rings. The molecule has 4 aliphatic rings. The molecule has 6 nitrogen and oxygen atoms in total. The fraction of sp³-hybridized carbons (Fsp3) is 0.769. The highest BCUT2D eigenvalue weighted by molar-refractivity contribution is 6.30. The zero-order valence-electron chi connectivity index (χ0n) is 19.7. The molecule has 2 heterocycles. The lowest BCUT2D eigenvalue weighted by Gasteiger charge is -2.56. The Labute approximate surface area is 200 Å². The van der Waals surface area contributed by atoms with Crippen LogP contribution in [0.1, 0.15) is 71.6 Å². The average Bonchev–Trinajstić information content (AvgIpc) is 3.32. The lowest BCUT2D eigenvalue weighted by Crippen LogP contribution is -2.51. The van der Waals surface area contributed by atoms with Crippen LogP contribution in [0.2, 0.25) is 5.02 Å². The van der Waals surface area contributed by atoms with Crippen molar-refractivity contribution in [3.8, 4) is 0 Å². The van der Waals surface area contributed by atoms with Crippen molar-refractivity contribution < 1.29 is 9.90 Å². The van der Waals surface area contributed by atoms with E-state index in [1.165, 1.54) is 36.9 Å². The summed E-state index contributed by atoms with van der Waals surface area (Å²) in [6, 6.07) is 1.74. The maximum Gasteiger partial charge on any atom is 0.201 e. The molecule has 0 saturated heterocycles.